The van der Waals surface area contributed by atoms with Gasteiger partial charge in [0.05, 0.1) is 6.20 Å². The van der Waals surface area contributed by atoms with Crippen LogP contribution < -0.4 is 11.1 Å². The van der Waals surface area contributed by atoms with E-state index in [1.54, 1.807) is 24.4 Å². The van der Waals surface area contributed by atoms with Crippen molar-refractivity contribution in [3.8, 4) is 0 Å². The molecule has 5 nitrogen and oxygen atoms in total. The summed E-state index contributed by atoms with van der Waals surface area (Å²) in [5.41, 5.74) is 8.42. The minimum absolute atomic E-state index is 0.218. The quantitative estimate of drug-likeness (QED) is 0.740. The lowest BCUT2D eigenvalue weighted by molar-refractivity contribution is 0.0951. The van der Waals surface area contributed by atoms with Crippen molar-refractivity contribution in [1.82, 2.24) is 15.5 Å². The van der Waals surface area contributed by atoms with Crippen molar-refractivity contribution in [3.63, 3.8) is 0 Å². The number of amides is 1. The van der Waals surface area contributed by atoms with E-state index in [0.29, 0.717) is 22.8 Å². The van der Waals surface area contributed by atoms with E-state index >= 15 is 0 Å². The molecule has 1 amide bonds. The number of benzene rings is 1. The number of carbonyl (C=O) groups is 1. The van der Waals surface area contributed by atoms with E-state index in [9.17, 15) is 4.79 Å². The van der Waals surface area contributed by atoms with Crippen LogP contribution in [0, 0.1) is 6.92 Å². The molecular formula is C12H13ClN4O. The predicted molar refractivity (Wildman–Crippen MR) is 70.4 cm³/mol. The van der Waals surface area contributed by atoms with Crippen LogP contribution in [0.15, 0.2) is 24.4 Å². The number of hydrogen-bond donors (Lipinski definition) is 3. The van der Waals surface area contributed by atoms with Gasteiger partial charge in [-0.3, -0.25) is 9.89 Å². The van der Waals surface area contributed by atoms with Gasteiger partial charge in [-0.1, -0.05) is 11.6 Å². The van der Waals surface area contributed by atoms with Crippen molar-refractivity contribution in [2.45, 2.75) is 13.5 Å². The molecule has 18 heavy (non-hydrogen) atoms. The third kappa shape index (κ3) is 2.81. The Kier molecular flexibility index (Phi) is 3.53. The largest absolute Gasteiger partial charge is 0.399 e. The molecule has 0 atom stereocenters. The van der Waals surface area contributed by atoms with E-state index in [0.717, 1.165) is 11.3 Å². The van der Waals surface area contributed by atoms with Crippen molar-refractivity contribution >= 4 is 23.2 Å². The fourth-order valence-corrected chi connectivity index (χ4v) is 1.82. The number of nitrogens with zero attached hydrogens (tertiary/aromatic N) is 1. The van der Waals surface area contributed by atoms with Crippen molar-refractivity contribution in [2.24, 2.45) is 0 Å². The third-order valence-corrected chi connectivity index (χ3v) is 2.77. The average molecular weight is 265 g/mol. The van der Waals surface area contributed by atoms with Gasteiger partial charge in [-0.05, 0) is 25.1 Å². The van der Waals surface area contributed by atoms with E-state index in [1.807, 2.05) is 6.92 Å². The fraction of sp³-hybridized carbons (Fsp3) is 0.167. The lowest BCUT2D eigenvalue weighted by Crippen LogP contribution is -2.23. The van der Waals surface area contributed by atoms with Gasteiger partial charge < -0.3 is 11.1 Å². The average Bonchev–Trinajstić information content (AvgIpc) is 2.70. The van der Waals surface area contributed by atoms with E-state index in [1.165, 1.54) is 0 Å². The monoisotopic (exact) mass is 264 g/mol. The number of anilines is 1. The zero-order valence-electron chi connectivity index (χ0n) is 9.83. The van der Waals surface area contributed by atoms with Gasteiger partial charge >= 0.3 is 0 Å². The molecule has 2 rings (SSSR count). The van der Waals surface area contributed by atoms with Gasteiger partial charge in [0.15, 0.2) is 0 Å². The first kappa shape index (κ1) is 12.4. The Bertz CT molecular complexity index is 559. The molecular weight excluding hydrogens is 252 g/mol. The summed E-state index contributed by atoms with van der Waals surface area (Å²) in [6, 6.07) is 4.76. The van der Waals surface area contributed by atoms with Crippen LogP contribution in [0.1, 0.15) is 21.6 Å². The van der Waals surface area contributed by atoms with Crippen molar-refractivity contribution in [1.29, 1.82) is 0 Å². The van der Waals surface area contributed by atoms with Crippen LogP contribution in [0.4, 0.5) is 5.69 Å². The molecule has 4 N–H and O–H groups in total. The summed E-state index contributed by atoms with van der Waals surface area (Å²) in [6.45, 7) is 2.31. The molecule has 0 spiro atoms. The van der Waals surface area contributed by atoms with Gasteiger partial charge in [0, 0.05) is 34.1 Å². The number of H-pyrrole nitrogens is 1. The number of aromatic nitrogens is 2. The molecule has 6 heteroatoms. The fourth-order valence-electron chi connectivity index (χ4n) is 1.57. The number of nitrogen functional groups attached to an aromatic ring is 1. The van der Waals surface area contributed by atoms with Crippen LogP contribution in [-0.2, 0) is 6.54 Å². The zero-order chi connectivity index (χ0) is 13.1. The molecule has 0 saturated heterocycles. The van der Waals surface area contributed by atoms with E-state index in [2.05, 4.69) is 15.5 Å². The van der Waals surface area contributed by atoms with Gasteiger partial charge in [0.2, 0.25) is 0 Å². The molecule has 0 aliphatic heterocycles. The number of rotatable bonds is 3. The highest BCUT2D eigenvalue weighted by atomic mass is 35.5. The lowest BCUT2D eigenvalue weighted by atomic mass is 10.2. The summed E-state index contributed by atoms with van der Waals surface area (Å²) < 4.78 is 0. The first-order valence-electron chi connectivity index (χ1n) is 5.39. The maximum absolute atomic E-state index is 11.9. The summed E-state index contributed by atoms with van der Waals surface area (Å²) in [4.78, 5) is 11.9. The molecule has 0 saturated carbocycles. The highest BCUT2D eigenvalue weighted by Gasteiger charge is 2.08. The molecule has 1 heterocycles. The Morgan fingerprint density at radius 2 is 2.28 bits per heavy atom. The summed E-state index contributed by atoms with van der Waals surface area (Å²) in [5.74, 6) is -0.218. The summed E-state index contributed by atoms with van der Waals surface area (Å²) in [7, 11) is 0. The Morgan fingerprint density at radius 1 is 1.50 bits per heavy atom. The van der Waals surface area contributed by atoms with Crippen molar-refractivity contribution in [2.75, 3.05) is 5.73 Å². The number of aryl methyl sites for hydroxylation is 1. The minimum atomic E-state index is -0.218. The van der Waals surface area contributed by atoms with E-state index in [-0.39, 0.29) is 5.91 Å². The molecule has 0 radical (unpaired) electrons. The lowest BCUT2D eigenvalue weighted by Gasteiger charge is -2.06. The second-order valence-corrected chi connectivity index (χ2v) is 4.41. The van der Waals surface area contributed by atoms with Crippen LogP contribution in [0.25, 0.3) is 0 Å². The zero-order valence-corrected chi connectivity index (χ0v) is 10.6. The predicted octanol–water partition coefficient (Wildman–Crippen LogP) is 1.88. The SMILES string of the molecule is Cc1[nH]ncc1CNC(=O)c1cc(N)cc(Cl)c1. The first-order valence-corrected chi connectivity index (χ1v) is 5.77. The Balaban J connectivity index is 2.06. The first-order chi connectivity index (χ1) is 8.56. The Morgan fingerprint density at radius 3 is 2.89 bits per heavy atom. The number of nitrogens with two attached hydrogens (primary N) is 1. The Labute approximate surface area is 109 Å². The van der Waals surface area contributed by atoms with Gasteiger partial charge in [-0.2, -0.15) is 5.10 Å². The second-order valence-electron chi connectivity index (χ2n) is 3.98. The molecule has 1 aromatic heterocycles. The van der Waals surface area contributed by atoms with Gasteiger partial charge in [0.25, 0.3) is 5.91 Å². The molecule has 1 aromatic carbocycles. The summed E-state index contributed by atoms with van der Waals surface area (Å²) in [6.07, 6.45) is 1.68. The topological polar surface area (TPSA) is 83.8 Å². The molecule has 0 aliphatic rings. The number of hydrogen-bond acceptors (Lipinski definition) is 3. The summed E-state index contributed by atoms with van der Waals surface area (Å²) in [5, 5.41) is 9.92. The molecule has 2 aromatic rings. The molecule has 0 unspecified atom stereocenters. The van der Waals surface area contributed by atoms with Crippen LogP contribution in [0.3, 0.4) is 0 Å². The highest BCUT2D eigenvalue weighted by molar-refractivity contribution is 6.31. The van der Waals surface area contributed by atoms with Gasteiger partial charge in [-0.25, -0.2) is 0 Å². The minimum Gasteiger partial charge on any atom is -0.399 e. The Hall–Kier alpha value is -2.01. The van der Waals surface area contributed by atoms with Crippen molar-refractivity contribution < 1.29 is 4.79 Å². The molecule has 0 bridgehead atoms. The maximum atomic E-state index is 11.9. The van der Waals surface area contributed by atoms with Gasteiger partial charge in [-0.15, -0.1) is 0 Å². The van der Waals surface area contributed by atoms with E-state index < -0.39 is 0 Å². The number of nitrogens with one attached hydrogen (secondary N) is 2. The standard InChI is InChI=1S/C12H13ClN4O/c1-7-9(6-16-17-7)5-15-12(18)8-2-10(13)4-11(14)3-8/h2-4,6H,5,14H2,1H3,(H,15,18)(H,16,17). The molecule has 0 aliphatic carbocycles. The normalized spacial score (nSPS) is 10.3. The van der Waals surface area contributed by atoms with Crippen molar-refractivity contribution in [3.05, 3.63) is 46.2 Å². The summed E-state index contributed by atoms with van der Waals surface area (Å²) >= 11 is 5.84. The van der Waals surface area contributed by atoms with Crippen LogP contribution in [-0.4, -0.2) is 16.1 Å². The second kappa shape index (κ2) is 5.10. The van der Waals surface area contributed by atoms with E-state index in [4.69, 9.17) is 17.3 Å². The highest BCUT2D eigenvalue weighted by Crippen LogP contribution is 2.16. The van der Waals surface area contributed by atoms with Gasteiger partial charge in [0.1, 0.15) is 0 Å². The maximum Gasteiger partial charge on any atom is 0.251 e. The molecule has 94 valence electrons. The number of halogens is 1. The smallest absolute Gasteiger partial charge is 0.251 e. The number of carbonyl (C=O) groups excluding carboxylic acids is 1. The van der Waals surface area contributed by atoms with Crippen LogP contribution >= 0.6 is 11.6 Å². The van der Waals surface area contributed by atoms with Crippen LogP contribution in [0.2, 0.25) is 5.02 Å². The number of aromatic amines is 1. The van der Waals surface area contributed by atoms with Crippen LogP contribution in [0.5, 0.6) is 0 Å². The molecule has 0 fully saturated rings. The third-order valence-electron chi connectivity index (χ3n) is 2.56.